The summed E-state index contributed by atoms with van der Waals surface area (Å²) >= 11 is 0. The zero-order valence-corrected chi connectivity index (χ0v) is 47.2. The Bertz CT molecular complexity index is 1850. The predicted octanol–water partition coefficient (Wildman–Crippen LogP) is 19.9. The van der Waals surface area contributed by atoms with Gasteiger partial charge in [0.15, 0.2) is 6.10 Å². The first-order valence-electron chi connectivity index (χ1n) is 28.9. The Morgan fingerprint density at radius 2 is 0.493 bits per heavy atom. The second-order valence-electron chi connectivity index (χ2n) is 18.0. The first-order valence-corrected chi connectivity index (χ1v) is 28.9. The summed E-state index contributed by atoms with van der Waals surface area (Å²) < 4.78 is 16.7. The molecule has 0 bridgehead atoms. The van der Waals surface area contributed by atoms with E-state index in [4.69, 9.17) is 14.2 Å². The lowest BCUT2D eigenvalue weighted by molar-refractivity contribution is -0.167. The summed E-state index contributed by atoms with van der Waals surface area (Å²) in [5.41, 5.74) is 0. The summed E-state index contributed by atoms with van der Waals surface area (Å²) in [4.78, 5) is 38.1. The van der Waals surface area contributed by atoms with Gasteiger partial charge >= 0.3 is 17.9 Å². The van der Waals surface area contributed by atoms with Crippen LogP contribution in [0.2, 0.25) is 0 Å². The minimum atomic E-state index is -0.847. The van der Waals surface area contributed by atoms with Crippen LogP contribution in [0.15, 0.2) is 194 Å². The summed E-state index contributed by atoms with van der Waals surface area (Å²) in [6.07, 6.45) is 93.0. The molecule has 414 valence electrons. The van der Waals surface area contributed by atoms with Gasteiger partial charge in [-0.1, -0.05) is 222 Å². The number of allylic oxidation sites excluding steroid dienone is 32. The first kappa shape index (κ1) is 69.2. The zero-order valence-electron chi connectivity index (χ0n) is 47.2. The molecule has 0 aliphatic heterocycles. The van der Waals surface area contributed by atoms with Crippen LogP contribution in [0.25, 0.3) is 0 Å². The van der Waals surface area contributed by atoms with Crippen LogP contribution in [-0.2, 0) is 28.6 Å². The molecule has 0 aliphatic rings. The molecule has 0 heterocycles. The molecule has 0 spiro atoms. The smallest absolute Gasteiger partial charge is 0.306 e. The number of esters is 3. The second-order valence-corrected chi connectivity index (χ2v) is 18.0. The Hall–Kier alpha value is -5.75. The molecule has 0 aromatic heterocycles. The molecule has 0 fully saturated rings. The van der Waals surface area contributed by atoms with E-state index in [-0.39, 0.29) is 44.0 Å². The van der Waals surface area contributed by atoms with Crippen LogP contribution in [0.5, 0.6) is 0 Å². The van der Waals surface area contributed by atoms with Gasteiger partial charge in [-0.15, -0.1) is 0 Å². The van der Waals surface area contributed by atoms with Crippen molar-refractivity contribution in [2.75, 3.05) is 13.2 Å². The van der Waals surface area contributed by atoms with Crippen molar-refractivity contribution in [3.63, 3.8) is 0 Å². The summed E-state index contributed by atoms with van der Waals surface area (Å²) in [5.74, 6) is -1.09. The van der Waals surface area contributed by atoms with E-state index >= 15 is 0 Å². The number of hydrogen-bond donors (Lipinski definition) is 0. The molecular formula is C69H102O6. The first-order chi connectivity index (χ1) is 37.0. The van der Waals surface area contributed by atoms with Crippen LogP contribution in [0, 0.1) is 0 Å². The van der Waals surface area contributed by atoms with Crippen molar-refractivity contribution in [3.05, 3.63) is 194 Å². The van der Waals surface area contributed by atoms with Gasteiger partial charge in [0.2, 0.25) is 0 Å². The van der Waals surface area contributed by atoms with Crippen molar-refractivity contribution in [2.45, 2.75) is 207 Å². The maximum atomic E-state index is 12.8. The lowest BCUT2D eigenvalue weighted by atomic mass is 10.1. The highest BCUT2D eigenvalue weighted by molar-refractivity contribution is 5.71. The molecule has 0 aliphatic carbocycles. The molecule has 1 atom stereocenters. The maximum absolute atomic E-state index is 12.8. The van der Waals surface area contributed by atoms with Crippen molar-refractivity contribution in [2.24, 2.45) is 0 Å². The van der Waals surface area contributed by atoms with Gasteiger partial charge in [0.25, 0.3) is 0 Å². The Balaban J connectivity index is 4.53. The summed E-state index contributed by atoms with van der Waals surface area (Å²) in [7, 11) is 0. The molecule has 0 radical (unpaired) electrons. The standard InChI is InChI=1S/C69H102O6/c1-4-7-10-13-16-19-22-25-27-28-29-30-31-32-33-34-35-36-37-38-39-40-42-44-47-50-53-56-59-62-68(71)74-65-66(64-73-67(70)61-58-55-52-49-46-43-24-21-18-15-12-9-6-3)75-69(72)63-60-57-54-51-48-45-41-26-23-20-17-14-11-8-5-2/h7-12,16-21,25-27,29-30,32-33,35-36,38-39,41-44,46,48,50-51,53,66H,4-6,13-15,22-24,28,31,34,37,40,45,47,49,52,54-65H2,1-3H3/b10-7-,11-8-,12-9-,19-16-,20-17-,21-18-,27-25-,30-29-,33-32-,36-35-,39-38-,41-26-,44-42-,46-43-,51-48-,53-50-. The average molecular weight is 1030 g/mol. The number of hydrogen-bond acceptors (Lipinski definition) is 6. The summed E-state index contributed by atoms with van der Waals surface area (Å²) in [6.45, 7) is 6.15. The highest BCUT2D eigenvalue weighted by Gasteiger charge is 2.19. The molecule has 75 heavy (non-hydrogen) atoms. The Morgan fingerprint density at radius 3 is 0.800 bits per heavy atom. The zero-order chi connectivity index (χ0) is 54.3. The third-order valence-corrected chi connectivity index (χ3v) is 11.1. The monoisotopic (exact) mass is 1030 g/mol. The van der Waals surface area contributed by atoms with Crippen LogP contribution >= 0.6 is 0 Å². The van der Waals surface area contributed by atoms with E-state index in [9.17, 15) is 14.4 Å². The predicted molar refractivity (Wildman–Crippen MR) is 324 cm³/mol. The van der Waals surface area contributed by atoms with Crippen molar-refractivity contribution in [1.82, 2.24) is 0 Å². The van der Waals surface area contributed by atoms with E-state index in [1.165, 1.54) is 0 Å². The largest absolute Gasteiger partial charge is 0.462 e. The number of ether oxygens (including phenoxy) is 3. The quantitative estimate of drug-likeness (QED) is 0.0261. The maximum Gasteiger partial charge on any atom is 0.306 e. The SMILES string of the molecule is CC/C=C\C/C=C\C/C=C\C/C=C\C/C=C\C/C=C\C/C=C\C/C=C\C/C=C\CCCC(=O)OCC(COC(=O)CCCCC/C=C\C/C=C\C/C=C\CC)OC(=O)CCCC/C=C\C/C=C\C/C=C\C/C=C\CC. The fraction of sp³-hybridized carbons (Fsp3) is 0.493. The lowest BCUT2D eigenvalue weighted by Crippen LogP contribution is -2.30. The van der Waals surface area contributed by atoms with Gasteiger partial charge in [-0.05, 0) is 154 Å². The molecule has 1 unspecified atom stereocenters. The van der Waals surface area contributed by atoms with Crippen LogP contribution in [0.4, 0.5) is 0 Å². The van der Waals surface area contributed by atoms with E-state index in [1.54, 1.807) is 0 Å². The summed E-state index contributed by atoms with van der Waals surface area (Å²) in [6, 6.07) is 0. The van der Waals surface area contributed by atoms with Gasteiger partial charge in [-0.3, -0.25) is 14.4 Å². The average Bonchev–Trinajstić information content (AvgIpc) is 3.41. The molecule has 0 aromatic rings. The molecule has 6 heteroatoms. The highest BCUT2D eigenvalue weighted by atomic mass is 16.6. The van der Waals surface area contributed by atoms with Gasteiger partial charge in [-0.25, -0.2) is 0 Å². The number of carbonyl (C=O) groups is 3. The molecule has 0 N–H and O–H groups in total. The lowest BCUT2D eigenvalue weighted by Gasteiger charge is -2.18. The van der Waals surface area contributed by atoms with Crippen LogP contribution in [0.1, 0.15) is 201 Å². The van der Waals surface area contributed by atoms with Gasteiger partial charge < -0.3 is 14.2 Å². The van der Waals surface area contributed by atoms with Crippen LogP contribution < -0.4 is 0 Å². The van der Waals surface area contributed by atoms with E-state index in [1.807, 2.05) is 0 Å². The van der Waals surface area contributed by atoms with E-state index < -0.39 is 6.10 Å². The number of carbonyl (C=O) groups excluding carboxylic acids is 3. The van der Waals surface area contributed by atoms with Crippen LogP contribution in [-0.4, -0.2) is 37.2 Å². The van der Waals surface area contributed by atoms with Gasteiger partial charge in [0, 0.05) is 19.3 Å². The van der Waals surface area contributed by atoms with Crippen molar-refractivity contribution in [1.29, 1.82) is 0 Å². The number of unbranched alkanes of at least 4 members (excludes halogenated alkanes) is 6. The molecule has 0 amide bonds. The third kappa shape index (κ3) is 59.0. The fourth-order valence-electron chi connectivity index (χ4n) is 6.86. The van der Waals surface area contributed by atoms with Gasteiger partial charge in [-0.2, -0.15) is 0 Å². The molecule has 0 saturated heterocycles. The van der Waals surface area contributed by atoms with Crippen molar-refractivity contribution >= 4 is 17.9 Å². The minimum Gasteiger partial charge on any atom is -0.462 e. The topological polar surface area (TPSA) is 78.9 Å². The molecule has 0 aromatic carbocycles. The highest BCUT2D eigenvalue weighted by Crippen LogP contribution is 2.10. The van der Waals surface area contributed by atoms with Gasteiger partial charge in [0.05, 0.1) is 0 Å². The Morgan fingerprint density at radius 1 is 0.267 bits per heavy atom. The Labute approximate surface area is 458 Å². The van der Waals surface area contributed by atoms with E-state index in [2.05, 4.69) is 215 Å². The van der Waals surface area contributed by atoms with E-state index in [0.717, 1.165) is 148 Å². The molecular weight excluding hydrogens is 925 g/mol. The minimum absolute atomic E-state index is 0.139. The Kier molecular flexibility index (Phi) is 56.1. The van der Waals surface area contributed by atoms with E-state index in [0.29, 0.717) is 19.3 Å². The fourth-order valence-corrected chi connectivity index (χ4v) is 6.86. The second kappa shape index (κ2) is 60.8. The molecule has 0 rings (SSSR count). The third-order valence-electron chi connectivity index (χ3n) is 11.1. The van der Waals surface area contributed by atoms with Crippen molar-refractivity contribution in [3.8, 4) is 0 Å². The normalized spacial score (nSPS) is 13.6. The van der Waals surface area contributed by atoms with Crippen molar-refractivity contribution < 1.29 is 28.6 Å². The number of rotatable bonds is 49. The molecule has 6 nitrogen and oxygen atoms in total. The molecule has 0 saturated carbocycles. The van der Waals surface area contributed by atoms with Gasteiger partial charge in [0.1, 0.15) is 13.2 Å². The van der Waals surface area contributed by atoms with Crippen LogP contribution in [0.3, 0.4) is 0 Å². The summed E-state index contributed by atoms with van der Waals surface area (Å²) in [5, 5.41) is 0.